The van der Waals surface area contributed by atoms with E-state index in [9.17, 15) is 14.9 Å². The molecule has 1 aromatic heterocycles. The molecular formula is C15H24N4O5. The van der Waals surface area contributed by atoms with Crippen molar-refractivity contribution >= 4 is 11.8 Å². The van der Waals surface area contributed by atoms with E-state index in [2.05, 4.69) is 4.98 Å². The number of rotatable bonds is 3. The third-order valence-electron chi connectivity index (χ3n) is 3.66. The van der Waals surface area contributed by atoms with Crippen LogP contribution >= 0.6 is 0 Å². The van der Waals surface area contributed by atoms with Crippen molar-refractivity contribution in [1.82, 2.24) is 14.5 Å². The molecule has 2 rings (SSSR count). The number of hydrogen-bond acceptors (Lipinski definition) is 7. The second kappa shape index (κ2) is 6.39. The Labute approximate surface area is 140 Å². The summed E-state index contributed by atoms with van der Waals surface area (Å²) >= 11 is 0. The lowest BCUT2D eigenvalue weighted by molar-refractivity contribution is -0.389. The van der Waals surface area contributed by atoms with Crippen molar-refractivity contribution in [2.24, 2.45) is 0 Å². The summed E-state index contributed by atoms with van der Waals surface area (Å²) in [5.74, 6) is -0.561. The molecule has 1 aliphatic heterocycles. The minimum absolute atomic E-state index is 0.125. The Hall–Kier alpha value is -2.16. The molecule has 1 aromatic rings. The summed E-state index contributed by atoms with van der Waals surface area (Å²) in [5, 5.41) is 10.9. The van der Waals surface area contributed by atoms with Crippen LogP contribution in [-0.4, -0.2) is 56.2 Å². The van der Waals surface area contributed by atoms with E-state index in [0.29, 0.717) is 13.1 Å². The number of imidazole rings is 1. The molecule has 0 fully saturated rings. The second-order valence-electron chi connectivity index (χ2n) is 7.44. The minimum Gasteiger partial charge on any atom is -0.459 e. The fraction of sp³-hybridized carbons (Fsp3) is 0.733. The summed E-state index contributed by atoms with van der Waals surface area (Å²) in [4.78, 5) is 28.3. The van der Waals surface area contributed by atoms with Gasteiger partial charge in [-0.1, -0.05) is 0 Å². The molecule has 0 aromatic carbocycles. The van der Waals surface area contributed by atoms with E-state index >= 15 is 0 Å². The van der Waals surface area contributed by atoms with Gasteiger partial charge in [0.25, 0.3) is 0 Å². The van der Waals surface area contributed by atoms with Crippen LogP contribution in [0.15, 0.2) is 6.20 Å². The molecule has 9 nitrogen and oxygen atoms in total. The van der Waals surface area contributed by atoms with Crippen LogP contribution < -0.4 is 4.74 Å². The molecule has 0 atom stereocenters. The van der Waals surface area contributed by atoms with E-state index in [1.165, 1.54) is 6.20 Å². The number of carbonyl (C=O) groups excluding carboxylic acids is 1. The topological polar surface area (TPSA) is 99.7 Å². The SMILES string of the molecule is CC(C)(C)OC(=O)CN1CCOc2nc([N+](=O)[O-])cn2CC1(C)C. The number of ether oxygens (including phenoxy) is 2. The third-order valence-corrected chi connectivity index (χ3v) is 3.66. The number of hydrogen-bond donors (Lipinski definition) is 0. The molecule has 0 saturated carbocycles. The van der Waals surface area contributed by atoms with Gasteiger partial charge in [-0.05, 0) is 39.5 Å². The zero-order valence-electron chi connectivity index (χ0n) is 14.7. The first kappa shape index (κ1) is 18.2. The van der Waals surface area contributed by atoms with Gasteiger partial charge in [-0.3, -0.25) is 14.3 Å². The summed E-state index contributed by atoms with van der Waals surface area (Å²) < 4.78 is 12.5. The van der Waals surface area contributed by atoms with Crippen LogP contribution in [0.4, 0.5) is 5.82 Å². The molecule has 2 heterocycles. The molecule has 9 heteroatoms. The highest BCUT2D eigenvalue weighted by Gasteiger charge is 2.35. The monoisotopic (exact) mass is 340 g/mol. The molecule has 134 valence electrons. The van der Waals surface area contributed by atoms with E-state index in [1.807, 2.05) is 39.5 Å². The van der Waals surface area contributed by atoms with Crippen LogP contribution in [0.25, 0.3) is 0 Å². The lowest BCUT2D eigenvalue weighted by atomic mass is 10.0. The molecular weight excluding hydrogens is 316 g/mol. The van der Waals surface area contributed by atoms with Crippen molar-refractivity contribution in [1.29, 1.82) is 0 Å². The van der Waals surface area contributed by atoms with Gasteiger partial charge in [-0.2, -0.15) is 0 Å². The van der Waals surface area contributed by atoms with Gasteiger partial charge in [0.05, 0.1) is 6.54 Å². The first-order chi connectivity index (χ1) is 11.0. The molecule has 0 radical (unpaired) electrons. The first-order valence-corrected chi connectivity index (χ1v) is 7.79. The predicted molar refractivity (Wildman–Crippen MR) is 85.9 cm³/mol. The van der Waals surface area contributed by atoms with Gasteiger partial charge in [0.1, 0.15) is 18.4 Å². The van der Waals surface area contributed by atoms with Gasteiger partial charge >= 0.3 is 17.8 Å². The van der Waals surface area contributed by atoms with Crippen molar-refractivity contribution < 1.29 is 19.2 Å². The third kappa shape index (κ3) is 4.44. The van der Waals surface area contributed by atoms with Crippen LogP contribution in [0.3, 0.4) is 0 Å². The van der Waals surface area contributed by atoms with E-state index in [0.717, 1.165) is 0 Å². The van der Waals surface area contributed by atoms with Crippen LogP contribution in [0.2, 0.25) is 0 Å². The highest BCUT2D eigenvalue weighted by Crippen LogP contribution is 2.26. The van der Waals surface area contributed by atoms with Crippen LogP contribution in [0.1, 0.15) is 34.6 Å². The van der Waals surface area contributed by atoms with Crippen molar-refractivity contribution in [2.75, 3.05) is 19.7 Å². The molecule has 0 N–H and O–H groups in total. The van der Waals surface area contributed by atoms with E-state index in [-0.39, 0.29) is 30.9 Å². The van der Waals surface area contributed by atoms with Gasteiger partial charge in [-0.15, -0.1) is 0 Å². The predicted octanol–water partition coefficient (Wildman–Crippen LogP) is 1.61. The summed E-state index contributed by atoms with van der Waals surface area (Å²) in [6, 6.07) is 0.228. The number of fused-ring (bicyclic) bond motifs is 1. The van der Waals surface area contributed by atoms with E-state index in [4.69, 9.17) is 9.47 Å². The largest absolute Gasteiger partial charge is 0.459 e. The Kier molecular flexibility index (Phi) is 4.84. The average molecular weight is 340 g/mol. The smallest absolute Gasteiger partial charge is 0.414 e. The summed E-state index contributed by atoms with van der Waals surface area (Å²) in [5.41, 5.74) is -0.970. The summed E-state index contributed by atoms with van der Waals surface area (Å²) in [6.45, 7) is 10.7. The Morgan fingerprint density at radius 1 is 1.50 bits per heavy atom. The van der Waals surface area contributed by atoms with Crippen molar-refractivity contribution in [3.8, 4) is 6.01 Å². The van der Waals surface area contributed by atoms with Gasteiger partial charge < -0.3 is 19.6 Å². The fourth-order valence-corrected chi connectivity index (χ4v) is 2.59. The first-order valence-electron chi connectivity index (χ1n) is 7.79. The van der Waals surface area contributed by atoms with Crippen molar-refractivity contribution in [3.05, 3.63) is 16.3 Å². The lowest BCUT2D eigenvalue weighted by Gasteiger charge is -2.39. The lowest BCUT2D eigenvalue weighted by Crippen LogP contribution is -2.52. The van der Waals surface area contributed by atoms with E-state index in [1.54, 1.807) is 4.57 Å². The second-order valence-corrected chi connectivity index (χ2v) is 7.44. The minimum atomic E-state index is -0.549. The van der Waals surface area contributed by atoms with Crippen molar-refractivity contribution in [2.45, 2.75) is 52.3 Å². The van der Waals surface area contributed by atoms with Crippen LogP contribution in [0, 0.1) is 10.1 Å². The molecule has 0 amide bonds. The molecule has 0 bridgehead atoms. The summed E-state index contributed by atoms with van der Waals surface area (Å²) in [6.07, 6.45) is 1.36. The summed E-state index contributed by atoms with van der Waals surface area (Å²) in [7, 11) is 0. The molecule has 0 unspecified atom stereocenters. The van der Waals surface area contributed by atoms with Gasteiger partial charge in [-0.25, -0.2) is 0 Å². The number of carbonyl (C=O) groups is 1. The Morgan fingerprint density at radius 2 is 2.17 bits per heavy atom. The maximum atomic E-state index is 12.1. The molecule has 0 saturated heterocycles. The number of nitro groups is 1. The number of nitrogens with zero attached hydrogens (tertiary/aromatic N) is 4. The average Bonchev–Trinajstić information content (AvgIpc) is 2.76. The maximum absolute atomic E-state index is 12.1. The van der Waals surface area contributed by atoms with Crippen molar-refractivity contribution in [3.63, 3.8) is 0 Å². The number of esters is 1. The quantitative estimate of drug-likeness (QED) is 0.468. The van der Waals surface area contributed by atoms with Crippen LogP contribution in [-0.2, 0) is 16.1 Å². The molecule has 0 spiro atoms. The zero-order chi connectivity index (χ0) is 18.1. The normalized spacial score (nSPS) is 18.0. The Bertz CT molecular complexity index is 632. The molecule has 24 heavy (non-hydrogen) atoms. The van der Waals surface area contributed by atoms with Crippen LogP contribution in [0.5, 0.6) is 6.01 Å². The van der Waals surface area contributed by atoms with Gasteiger partial charge in [0.2, 0.25) is 0 Å². The Balaban J connectivity index is 2.16. The molecule has 1 aliphatic rings. The highest BCUT2D eigenvalue weighted by atomic mass is 16.6. The Morgan fingerprint density at radius 3 is 2.75 bits per heavy atom. The van der Waals surface area contributed by atoms with E-state index < -0.39 is 16.1 Å². The van der Waals surface area contributed by atoms with Gasteiger partial charge in [0.15, 0.2) is 0 Å². The standard InChI is InChI=1S/C15H24N4O5/c1-14(2,3)24-12(20)9-18-6-7-23-13-16-11(19(21)22)8-17(13)10-15(18,4)5/h8H,6-7,9-10H2,1-5H3. The zero-order valence-corrected chi connectivity index (χ0v) is 14.7. The molecule has 0 aliphatic carbocycles. The van der Waals surface area contributed by atoms with Gasteiger partial charge in [0, 0.05) is 23.6 Å². The maximum Gasteiger partial charge on any atom is 0.414 e. The highest BCUT2D eigenvalue weighted by molar-refractivity contribution is 5.72. The number of aromatic nitrogens is 2. The fourth-order valence-electron chi connectivity index (χ4n) is 2.59.